The molecule has 1 N–H and O–H groups in total. The molecule has 1 aliphatic rings. The highest BCUT2D eigenvalue weighted by Crippen LogP contribution is 2.27. The zero-order valence-corrected chi connectivity index (χ0v) is 9.43. The molecular formula is C12H11NO4. The number of carbonyl (C=O) groups is 1. The van der Waals surface area contributed by atoms with Gasteiger partial charge >= 0.3 is 5.97 Å². The van der Waals surface area contributed by atoms with Crippen LogP contribution in [-0.4, -0.2) is 23.9 Å². The third kappa shape index (κ3) is 2.13. The Kier molecular flexibility index (Phi) is 2.82. The second-order valence-electron chi connectivity index (χ2n) is 3.54. The number of nitrogens with zero attached hydrogens (tertiary/aromatic N) is 1. The number of hydrogen-bond donors (Lipinski definition) is 1. The Balaban J connectivity index is 2.36. The lowest BCUT2D eigenvalue weighted by Crippen LogP contribution is -2.01. The van der Waals surface area contributed by atoms with Crippen LogP contribution in [0.25, 0.3) is 6.08 Å². The van der Waals surface area contributed by atoms with Crippen molar-refractivity contribution in [2.75, 3.05) is 7.11 Å². The van der Waals surface area contributed by atoms with Gasteiger partial charge in [0.2, 0.25) is 0 Å². The molecule has 0 radical (unpaired) electrons. The molecule has 88 valence electrons. The van der Waals surface area contributed by atoms with E-state index >= 15 is 0 Å². The van der Waals surface area contributed by atoms with Crippen molar-refractivity contribution >= 4 is 17.8 Å². The Morgan fingerprint density at radius 2 is 2.24 bits per heavy atom. The molecule has 0 aromatic heterocycles. The van der Waals surface area contributed by atoms with Crippen LogP contribution in [0, 0.1) is 0 Å². The predicted octanol–water partition coefficient (Wildman–Crippen LogP) is 1.72. The van der Waals surface area contributed by atoms with E-state index in [1.807, 2.05) is 0 Å². The van der Waals surface area contributed by atoms with E-state index in [1.54, 1.807) is 25.1 Å². The second-order valence-corrected chi connectivity index (χ2v) is 3.54. The van der Waals surface area contributed by atoms with Crippen LogP contribution >= 0.6 is 0 Å². The van der Waals surface area contributed by atoms with Gasteiger partial charge in [0.1, 0.15) is 0 Å². The monoisotopic (exact) mass is 233 g/mol. The maximum absolute atomic E-state index is 11.3. The zero-order chi connectivity index (χ0) is 12.4. The van der Waals surface area contributed by atoms with E-state index < -0.39 is 5.97 Å². The fraction of sp³-hybridized carbons (Fsp3) is 0.167. The highest BCUT2D eigenvalue weighted by molar-refractivity contribution is 6.24. The number of hydrogen-bond acceptors (Lipinski definition) is 5. The average Bonchev–Trinajstić information content (AvgIpc) is 2.61. The molecule has 0 unspecified atom stereocenters. The predicted molar refractivity (Wildman–Crippen MR) is 61.8 cm³/mol. The largest absolute Gasteiger partial charge is 0.504 e. The SMILES string of the molecule is COc1ccc(/C=C2/C(=O)ON=C2C)cc1O. The Morgan fingerprint density at radius 3 is 2.76 bits per heavy atom. The minimum absolute atomic E-state index is 0.0165. The van der Waals surface area contributed by atoms with Crippen LogP contribution in [0.2, 0.25) is 0 Å². The standard InChI is InChI=1S/C12H11NO4/c1-7-9(12(15)17-13-7)5-8-3-4-11(16-2)10(14)6-8/h3-6,14H,1-2H3/b9-5+. The van der Waals surface area contributed by atoms with E-state index in [1.165, 1.54) is 13.2 Å². The first kappa shape index (κ1) is 11.2. The third-order valence-electron chi connectivity index (χ3n) is 2.39. The summed E-state index contributed by atoms with van der Waals surface area (Å²) in [5.74, 6) is -0.0906. The highest BCUT2D eigenvalue weighted by atomic mass is 16.7. The fourth-order valence-electron chi connectivity index (χ4n) is 1.48. The van der Waals surface area contributed by atoms with Gasteiger partial charge in [-0.2, -0.15) is 0 Å². The van der Waals surface area contributed by atoms with Crippen LogP contribution in [0.1, 0.15) is 12.5 Å². The van der Waals surface area contributed by atoms with Crippen LogP contribution < -0.4 is 4.74 Å². The van der Waals surface area contributed by atoms with Crippen LogP contribution in [0.15, 0.2) is 28.9 Å². The number of benzene rings is 1. The van der Waals surface area contributed by atoms with Crippen molar-refractivity contribution in [1.82, 2.24) is 0 Å². The minimum Gasteiger partial charge on any atom is -0.504 e. The van der Waals surface area contributed by atoms with Gasteiger partial charge in [-0.25, -0.2) is 4.79 Å². The second kappa shape index (κ2) is 4.29. The van der Waals surface area contributed by atoms with E-state index in [2.05, 4.69) is 9.99 Å². The molecule has 0 fully saturated rings. The lowest BCUT2D eigenvalue weighted by Gasteiger charge is -2.03. The van der Waals surface area contributed by atoms with E-state index in [0.717, 1.165) is 0 Å². The molecule has 1 aliphatic heterocycles. The van der Waals surface area contributed by atoms with Crippen LogP contribution in [0.4, 0.5) is 0 Å². The highest BCUT2D eigenvalue weighted by Gasteiger charge is 2.21. The zero-order valence-electron chi connectivity index (χ0n) is 9.43. The van der Waals surface area contributed by atoms with Crippen LogP contribution in [-0.2, 0) is 9.63 Å². The molecule has 0 saturated carbocycles. The lowest BCUT2D eigenvalue weighted by atomic mass is 10.1. The normalized spacial score (nSPS) is 16.9. The first-order chi connectivity index (χ1) is 8.11. The maximum Gasteiger partial charge on any atom is 0.367 e. The third-order valence-corrected chi connectivity index (χ3v) is 2.39. The summed E-state index contributed by atoms with van der Waals surface area (Å²) in [5.41, 5.74) is 1.58. The molecule has 0 atom stereocenters. The smallest absolute Gasteiger partial charge is 0.367 e. The number of ether oxygens (including phenoxy) is 1. The van der Waals surface area contributed by atoms with Gasteiger partial charge in [-0.1, -0.05) is 11.2 Å². The van der Waals surface area contributed by atoms with Crippen molar-refractivity contribution in [3.05, 3.63) is 29.3 Å². The molecule has 0 amide bonds. The molecule has 17 heavy (non-hydrogen) atoms. The molecule has 0 aliphatic carbocycles. The summed E-state index contributed by atoms with van der Waals surface area (Å²) in [6.45, 7) is 1.68. The molecular weight excluding hydrogens is 222 g/mol. The quantitative estimate of drug-likeness (QED) is 0.623. The summed E-state index contributed by atoms with van der Waals surface area (Å²) >= 11 is 0. The Labute approximate surface area is 98.0 Å². The Hall–Kier alpha value is -2.30. The van der Waals surface area contributed by atoms with Gasteiger partial charge in [0.25, 0.3) is 0 Å². The van der Waals surface area contributed by atoms with Gasteiger partial charge in [-0.3, -0.25) is 0 Å². The molecule has 0 bridgehead atoms. The van der Waals surface area contributed by atoms with E-state index in [0.29, 0.717) is 22.6 Å². The van der Waals surface area contributed by atoms with Crippen LogP contribution in [0.3, 0.4) is 0 Å². The van der Waals surface area contributed by atoms with Gasteiger partial charge in [-0.05, 0) is 30.7 Å². The summed E-state index contributed by atoms with van der Waals surface area (Å²) in [7, 11) is 1.47. The molecule has 1 aromatic carbocycles. The molecule has 1 heterocycles. The lowest BCUT2D eigenvalue weighted by molar-refractivity contribution is -0.136. The number of aromatic hydroxyl groups is 1. The van der Waals surface area contributed by atoms with Gasteiger partial charge in [0.05, 0.1) is 18.4 Å². The van der Waals surface area contributed by atoms with Crippen molar-refractivity contribution in [1.29, 1.82) is 0 Å². The molecule has 0 spiro atoms. The first-order valence-electron chi connectivity index (χ1n) is 4.97. The number of methoxy groups -OCH3 is 1. The van der Waals surface area contributed by atoms with E-state index in [9.17, 15) is 9.90 Å². The number of carbonyl (C=O) groups excluding carboxylic acids is 1. The maximum atomic E-state index is 11.3. The Morgan fingerprint density at radius 1 is 1.47 bits per heavy atom. The van der Waals surface area contributed by atoms with Gasteiger partial charge in [0, 0.05) is 0 Å². The van der Waals surface area contributed by atoms with Crippen LogP contribution in [0.5, 0.6) is 11.5 Å². The summed E-state index contributed by atoms with van der Waals surface area (Å²) in [6.07, 6.45) is 1.60. The molecule has 5 nitrogen and oxygen atoms in total. The minimum atomic E-state index is -0.488. The van der Waals surface area contributed by atoms with Crippen molar-refractivity contribution in [2.45, 2.75) is 6.92 Å². The average molecular weight is 233 g/mol. The van der Waals surface area contributed by atoms with Crippen molar-refractivity contribution in [3.8, 4) is 11.5 Å². The van der Waals surface area contributed by atoms with Crippen molar-refractivity contribution in [3.63, 3.8) is 0 Å². The van der Waals surface area contributed by atoms with E-state index in [-0.39, 0.29) is 5.75 Å². The summed E-state index contributed by atoms with van der Waals surface area (Å²) in [4.78, 5) is 15.8. The van der Waals surface area contributed by atoms with E-state index in [4.69, 9.17) is 4.74 Å². The van der Waals surface area contributed by atoms with Gasteiger partial charge in [0.15, 0.2) is 11.5 Å². The van der Waals surface area contributed by atoms with Crippen molar-refractivity contribution < 1.29 is 19.5 Å². The molecule has 2 rings (SSSR count). The summed E-state index contributed by atoms with van der Waals surface area (Å²) in [6, 6.07) is 4.85. The molecule has 1 aromatic rings. The number of phenolic OH excluding ortho intramolecular Hbond substituents is 1. The molecule has 0 saturated heterocycles. The van der Waals surface area contributed by atoms with Crippen molar-refractivity contribution in [2.24, 2.45) is 5.16 Å². The van der Waals surface area contributed by atoms with Gasteiger partial charge in [-0.15, -0.1) is 0 Å². The number of rotatable bonds is 2. The molecule has 5 heteroatoms. The number of oxime groups is 1. The Bertz CT molecular complexity index is 531. The topological polar surface area (TPSA) is 68.1 Å². The fourth-order valence-corrected chi connectivity index (χ4v) is 1.48. The first-order valence-corrected chi connectivity index (χ1v) is 4.97. The summed E-state index contributed by atoms with van der Waals surface area (Å²) in [5, 5.41) is 13.2. The van der Waals surface area contributed by atoms with Gasteiger partial charge < -0.3 is 14.7 Å². The number of phenols is 1. The summed E-state index contributed by atoms with van der Waals surface area (Å²) < 4.78 is 4.93.